The summed E-state index contributed by atoms with van der Waals surface area (Å²) in [6.45, 7) is 2.80. The van der Waals surface area contributed by atoms with Gasteiger partial charge in [0.2, 0.25) is 0 Å². The standard InChI is InChI=1S/C14H19N3O/c1-3-13(12-6-4-5-7-14(12)18)15-10-11-8-9-17(2)16-11/h4-9,13,15,18H,3,10H2,1-2H3. The van der Waals surface area contributed by atoms with Gasteiger partial charge in [-0.1, -0.05) is 25.1 Å². The van der Waals surface area contributed by atoms with Crippen LogP contribution in [0.25, 0.3) is 0 Å². The van der Waals surface area contributed by atoms with Crippen LogP contribution in [0.1, 0.15) is 30.6 Å². The number of hydrogen-bond donors (Lipinski definition) is 2. The number of aryl methyl sites for hydroxylation is 1. The minimum Gasteiger partial charge on any atom is -0.508 e. The number of hydrogen-bond acceptors (Lipinski definition) is 3. The molecular weight excluding hydrogens is 226 g/mol. The van der Waals surface area contributed by atoms with Crippen molar-refractivity contribution in [1.29, 1.82) is 0 Å². The van der Waals surface area contributed by atoms with Crippen molar-refractivity contribution < 1.29 is 5.11 Å². The fourth-order valence-electron chi connectivity index (χ4n) is 2.04. The van der Waals surface area contributed by atoms with Crippen LogP contribution in [-0.4, -0.2) is 14.9 Å². The van der Waals surface area contributed by atoms with Crippen LogP contribution in [0.15, 0.2) is 36.5 Å². The third kappa shape index (κ3) is 2.90. The summed E-state index contributed by atoms with van der Waals surface area (Å²) in [6, 6.07) is 9.60. The molecule has 0 saturated heterocycles. The zero-order valence-electron chi connectivity index (χ0n) is 10.8. The molecule has 0 amide bonds. The van der Waals surface area contributed by atoms with E-state index >= 15 is 0 Å². The smallest absolute Gasteiger partial charge is 0.120 e. The van der Waals surface area contributed by atoms with Gasteiger partial charge in [-0.15, -0.1) is 0 Å². The molecule has 96 valence electrons. The van der Waals surface area contributed by atoms with E-state index < -0.39 is 0 Å². The number of phenolic OH excluding ortho intramolecular Hbond substituents is 1. The zero-order chi connectivity index (χ0) is 13.0. The molecule has 1 aromatic carbocycles. The normalized spacial score (nSPS) is 12.6. The predicted molar refractivity (Wildman–Crippen MR) is 71.2 cm³/mol. The Labute approximate surface area is 107 Å². The molecule has 1 heterocycles. The second-order valence-electron chi connectivity index (χ2n) is 4.38. The van der Waals surface area contributed by atoms with Crippen LogP contribution >= 0.6 is 0 Å². The molecule has 0 aliphatic carbocycles. The molecule has 4 heteroatoms. The lowest BCUT2D eigenvalue weighted by atomic mass is 10.0. The highest BCUT2D eigenvalue weighted by Crippen LogP contribution is 2.25. The molecule has 0 radical (unpaired) electrons. The van der Waals surface area contributed by atoms with Crippen molar-refractivity contribution in [3.05, 3.63) is 47.8 Å². The van der Waals surface area contributed by atoms with E-state index in [1.807, 2.05) is 37.5 Å². The molecule has 4 nitrogen and oxygen atoms in total. The van der Waals surface area contributed by atoms with Crippen molar-refractivity contribution in [2.24, 2.45) is 7.05 Å². The lowest BCUT2D eigenvalue weighted by Crippen LogP contribution is -2.20. The van der Waals surface area contributed by atoms with Crippen molar-refractivity contribution in [3.8, 4) is 5.75 Å². The van der Waals surface area contributed by atoms with Crippen LogP contribution in [0.5, 0.6) is 5.75 Å². The summed E-state index contributed by atoms with van der Waals surface area (Å²) >= 11 is 0. The first-order valence-electron chi connectivity index (χ1n) is 6.20. The molecule has 2 rings (SSSR count). The summed E-state index contributed by atoms with van der Waals surface area (Å²) in [5.41, 5.74) is 1.95. The van der Waals surface area contributed by atoms with Gasteiger partial charge in [0.15, 0.2) is 0 Å². The predicted octanol–water partition coefficient (Wildman–Crippen LogP) is 2.37. The molecule has 2 aromatic rings. The zero-order valence-corrected chi connectivity index (χ0v) is 10.8. The van der Waals surface area contributed by atoms with E-state index in [2.05, 4.69) is 17.3 Å². The summed E-state index contributed by atoms with van der Waals surface area (Å²) in [7, 11) is 1.91. The first-order valence-corrected chi connectivity index (χ1v) is 6.20. The maximum atomic E-state index is 9.85. The van der Waals surface area contributed by atoms with Crippen LogP contribution < -0.4 is 5.32 Å². The highest BCUT2D eigenvalue weighted by Gasteiger charge is 2.12. The van der Waals surface area contributed by atoms with Crippen molar-refractivity contribution in [2.75, 3.05) is 0 Å². The summed E-state index contributed by atoms with van der Waals surface area (Å²) in [5.74, 6) is 0.345. The van der Waals surface area contributed by atoms with E-state index in [4.69, 9.17) is 0 Å². The van der Waals surface area contributed by atoms with Crippen LogP contribution in [0.3, 0.4) is 0 Å². The number of phenols is 1. The van der Waals surface area contributed by atoms with Gasteiger partial charge in [0.25, 0.3) is 0 Å². The third-order valence-corrected chi connectivity index (χ3v) is 3.02. The van der Waals surface area contributed by atoms with Crippen LogP contribution in [0.4, 0.5) is 0 Å². The topological polar surface area (TPSA) is 50.1 Å². The maximum absolute atomic E-state index is 9.85. The Kier molecular flexibility index (Phi) is 3.99. The summed E-state index contributed by atoms with van der Waals surface area (Å²) < 4.78 is 1.79. The van der Waals surface area contributed by atoms with E-state index in [1.165, 1.54) is 0 Å². The number of para-hydroxylation sites is 1. The van der Waals surface area contributed by atoms with Crippen molar-refractivity contribution >= 4 is 0 Å². The minimum atomic E-state index is 0.146. The van der Waals surface area contributed by atoms with Crippen LogP contribution in [0, 0.1) is 0 Å². The molecule has 0 fully saturated rings. The number of benzene rings is 1. The molecule has 1 aromatic heterocycles. The highest BCUT2D eigenvalue weighted by molar-refractivity contribution is 5.34. The van der Waals surface area contributed by atoms with Gasteiger partial charge < -0.3 is 10.4 Å². The van der Waals surface area contributed by atoms with Gasteiger partial charge in [-0.3, -0.25) is 4.68 Å². The van der Waals surface area contributed by atoms with Crippen molar-refractivity contribution in [1.82, 2.24) is 15.1 Å². The molecule has 0 saturated carbocycles. The Morgan fingerprint density at radius 2 is 2.11 bits per heavy atom. The molecule has 0 spiro atoms. The Balaban J connectivity index is 2.04. The van der Waals surface area contributed by atoms with Gasteiger partial charge in [-0.25, -0.2) is 0 Å². The average molecular weight is 245 g/mol. The fourth-order valence-corrected chi connectivity index (χ4v) is 2.04. The highest BCUT2D eigenvalue weighted by atomic mass is 16.3. The second-order valence-corrected chi connectivity index (χ2v) is 4.38. The van der Waals surface area contributed by atoms with Gasteiger partial charge in [-0.05, 0) is 18.6 Å². The summed E-state index contributed by atoms with van der Waals surface area (Å²) in [4.78, 5) is 0. The third-order valence-electron chi connectivity index (χ3n) is 3.02. The van der Waals surface area contributed by atoms with E-state index in [0.717, 1.165) is 17.7 Å². The number of aromatic nitrogens is 2. The minimum absolute atomic E-state index is 0.146. The monoisotopic (exact) mass is 245 g/mol. The molecule has 1 unspecified atom stereocenters. The second kappa shape index (κ2) is 5.69. The Hall–Kier alpha value is -1.81. The number of rotatable bonds is 5. The molecule has 0 aliphatic rings. The van der Waals surface area contributed by atoms with E-state index in [1.54, 1.807) is 10.7 Å². The quantitative estimate of drug-likeness (QED) is 0.850. The number of aromatic hydroxyl groups is 1. The molecule has 0 aliphatic heterocycles. The molecule has 1 atom stereocenters. The number of nitrogens with zero attached hydrogens (tertiary/aromatic N) is 2. The first kappa shape index (κ1) is 12.6. The number of nitrogens with one attached hydrogen (secondary N) is 1. The van der Waals surface area contributed by atoms with Crippen LogP contribution in [-0.2, 0) is 13.6 Å². The average Bonchev–Trinajstić information content (AvgIpc) is 2.78. The molecule has 0 bridgehead atoms. The van der Waals surface area contributed by atoms with E-state index in [-0.39, 0.29) is 6.04 Å². The Morgan fingerprint density at radius 1 is 1.33 bits per heavy atom. The SMILES string of the molecule is CCC(NCc1ccn(C)n1)c1ccccc1O. The Bertz CT molecular complexity index is 507. The first-order chi connectivity index (χ1) is 8.70. The summed E-state index contributed by atoms with van der Waals surface area (Å²) in [5, 5.41) is 17.6. The van der Waals surface area contributed by atoms with Gasteiger partial charge in [0.1, 0.15) is 5.75 Å². The Morgan fingerprint density at radius 3 is 2.72 bits per heavy atom. The van der Waals surface area contributed by atoms with Gasteiger partial charge in [0, 0.05) is 31.4 Å². The van der Waals surface area contributed by atoms with Crippen molar-refractivity contribution in [3.63, 3.8) is 0 Å². The molecule has 18 heavy (non-hydrogen) atoms. The van der Waals surface area contributed by atoms with Gasteiger partial charge in [-0.2, -0.15) is 5.10 Å². The van der Waals surface area contributed by atoms with E-state index in [9.17, 15) is 5.11 Å². The largest absolute Gasteiger partial charge is 0.508 e. The maximum Gasteiger partial charge on any atom is 0.120 e. The van der Waals surface area contributed by atoms with Crippen molar-refractivity contribution in [2.45, 2.75) is 25.9 Å². The molecule has 2 N–H and O–H groups in total. The van der Waals surface area contributed by atoms with E-state index in [0.29, 0.717) is 12.3 Å². The molecular formula is C14H19N3O. The summed E-state index contributed by atoms with van der Waals surface area (Å²) in [6.07, 6.45) is 2.85. The lowest BCUT2D eigenvalue weighted by Gasteiger charge is -2.17. The lowest BCUT2D eigenvalue weighted by molar-refractivity contribution is 0.439. The van der Waals surface area contributed by atoms with Gasteiger partial charge >= 0.3 is 0 Å². The van der Waals surface area contributed by atoms with Gasteiger partial charge in [0.05, 0.1) is 5.69 Å². The van der Waals surface area contributed by atoms with Crippen LogP contribution in [0.2, 0.25) is 0 Å². The fraction of sp³-hybridized carbons (Fsp3) is 0.357.